The van der Waals surface area contributed by atoms with Gasteiger partial charge in [-0.25, -0.2) is 4.79 Å². The molecule has 1 rings (SSSR count). The van der Waals surface area contributed by atoms with Gasteiger partial charge in [-0.2, -0.15) is 0 Å². The van der Waals surface area contributed by atoms with Gasteiger partial charge in [-0.15, -0.1) is 0 Å². The third-order valence-electron chi connectivity index (χ3n) is 1.91. The normalized spacial score (nSPS) is 9.81. The average molecular weight is 224 g/mol. The zero-order chi connectivity index (χ0) is 11.8. The average Bonchev–Trinajstić information content (AvgIpc) is 2.27. The first-order valence-electron chi connectivity index (χ1n) is 5.11. The number of hydrogen-bond donors (Lipinski definition) is 3. The summed E-state index contributed by atoms with van der Waals surface area (Å²) in [4.78, 5) is 10.3. The fourth-order valence-electron chi connectivity index (χ4n) is 1.18. The Kier molecular flexibility index (Phi) is 5.15. The second kappa shape index (κ2) is 6.68. The van der Waals surface area contributed by atoms with Crippen molar-refractivity contribution in [2.24, 2.45) is 5.73 Å². The van der Waals surface area contributed by atoms with Crippen molar-refractivity contribution in [1.82, 2.24) is 0 Å². The van der Waals surface area contributed by atoms with E-state index in [0.29, 0.717) is 12.3 Å². The molecule has 0 aromatic heterocycles. The topological polar surface area (TPSA) is 84.6 Å². The molecule has 0 fully saturated rings. The van der Waals surface area contributed by atoms with Crippen molar-refractivity contribution >= 4 is 11.7 Å². The summed E-state index contributed by atoms with van der Waals surface area (Å²) in [7, 11) is 0. The zero-order valence-corrected chi connectivity index (χ0v) is 8.98. The molecule has 0 bridgehead atoms. The Morgan fingerprint density at radius 3 is 3.00 bits per heavy atom. The number of hydrogen-bond acceptors (Lipinski definition) is 4. The monoisotopic (exact) mass is 224 g/mol. The van der Waals surface area contributed by atoms with Gasteiger partial charge in [-0.1, -0.05) is 6.07 Å². The summed E-state index contributed by atoms with van der Waals surface area (Å²) < 4.78 is 5.05. The van der Waals surface area contributed by atoms with E-state index in [1.54, 1.807) is 12.1 Å². The summed E-state index contributed by atoms with van der Waals surface area (Å²) >= 11 is 0. The van der Waals surface area contributed by atoms with Crippen LogP contribution in [0.5, 0.6) is 5.75 Å². The molecule has 0 aliphatic rings. The molecule has 5 heteroatoms. The van der Waals surface area contributed by atoms with Crippen LogP contribution in [0.1, 0.15) is 6.42 Å². The molecule has 16 heavy (non-hydrogen) atoms. The predicted molar refractivity (Wildman–Crippen MR) is 61.7 cm³/mol. The number of carbonyl (C=O) groups is 1. The number of ether oxygens (including phenoxy) is 1. The summed E-state index contributed by atoms with van der Waals surface area (Å²) in [6.45, 7) is 1.10. The molecule has 0 saturated heterocycles. The molecule has 0 heterocycles. The lowest BCUT2D eigenvalue weighted by atomic mass is 10.3. The lowest BCUT2D eigenvalue weighted by Gasteiger charge is -2.08. The fraction of sp³-hybridized carbons (Fsp3) is 0.364. The van der Waals surface area contributed by atoms with Gasteiger partial charge in [-0.3, -0.25) is 0 Å². The third kappa shape index (κ3) is 4.65. The number of carboxylic acid groups (broad SMARTS) is 1. The van der Waals surface area contributed by atoms with Gasteiger partial charge in [0, 0.05) is 18.3 Å². The minimum atomic E-state index is -0.985. The van der Waals surface area contributed by atoms with Gasteiger partial charge in [0.2, 0.25) is 0 Å². The van der Waals surface area contributed by atoms with Crippen LogP contribution < -0.4 is 15.8 Å². The van der Waals surface area contributed by atoms with Crippen molar-refractivity contribution in [2.45, 2.75) is 6.42 Å². The van der Waals surface area contributed by atoms with Gasteiger partial charge < -0.3 is 20.9 Å². The van der Waals surface area contributed by atoms with Crippen LogP contribution in [-0.2, 0) is 4.79 Å². The Hall–Kier alpha value is -1.75. The molecule has 0 aliphatic carbocycles. The van der Waals surface area contributed by atoms with Crippen molar-refractivity contribution in [3.05, 3.63) is 24.3 Å². The van der Waals surface area contributed by atoms with E-state index in [1.165, 1.54) is 0 Å². The lowest BCUT2D eigenvalue weighted by molar-refractivity contribution is -0.139. The first-order chi connectivity index (χ1) is 7.72. The zero-order valence-electron chi connectivity index (χ0n) is 8.98. The van der Waals surface area contributed by atoms with E-state index in [-0.39, 0.29) is 6.61 Å². The molecule has 1 aromatic rings. The SMILES string of the molecule is NCCCNc1cccc(OCC(=O)O)c1. The minimum Gasteiger partial charge on any atom is -0.482 e. The highest BCUT2D eigenvalue weighted by Crippen LogP contribution is 2.17. The van der Waals surface area contributed by atoms with Crippen LogP contribution >= 0.6 is 0 Å². The van der Waals surface area contributed by atoms with Crippen molar-refractivity contribution in [1.29, 1.82) is 0 Å². The maximum Gasteiger partial charge on any atom is 0.341 e. The molecule has 0 atom stereocenters. The van der Waals surface area contributed by atoms with E-state index in [2.05, 4.69) is 5.32 Å². The van der Waals surface area contributed by atoms with Crippen LogP contribution in [0.25, 0.3) is 0 Å². The van der Waals surface area contributed by atoms with Gasteiger partial charge in [0.05, 0.1) is 0 Å². The van der Waals surface area contributed by atoms with Crippen LogP contribution in [0.4, 0.5) is 5.69 Å². The van der Waals surface area contributed by atoms with Crippen LogP contribution in [0, 0.1) is 0 Å². The molecule has 0 aliphatic heterocycles. The summed E-state index contributed by atoms with van der Waals surface area (Å²) in [5.41, 5.74) is 6.27. The highest BCUT2D eigenvalue weighted by molar-refractivity contribution is 5.68. The summed E-state index contributed by atoms with van der Waals surface area (Å²) in [6.07, 6.45) is 0.889. The van der Waals surface area contributed by atoms with Crippen LogP contribution in [-0.4, -0.2) is 30.8 Å². The second-order valence-electron chi connectivity index (χ2n) is 3.28. The van der Waals surface area contributed by atoms with Crippen LogP contribution in [0.3, 0.4) is 0 Å². The van der Waals surface area contributed by atoms with Crippen molar-refractivity contribution in [3.8, 4) is 5.75 Å². The maximum absolute atomic E-state index is 10.3. The van der Waals surface area contributed by atoms with E-state index in [0.717, 1.165) is 18.7 Å². The van der Waals surface area contributed by atoms with Gasteiger partial charge in [0.1, 0.15) is 5.75 Å². The molecular formula is C11H16N2O3. The van der Waals surface area contributed by atoms with E-state index in [1.807, 2.05) is 12.1 Å². The Morgan fingerprint density at radius 2 is 2.31 bits per heavy atom. The predicted octanol–water partition coefficient (Wildman–Crippen LogP) is 0.911. The number of carboxylic acids is 1. The molecule has 4 N–H and O–H groups in total. The number of aliphatic carboxylic acids is 1. The number of rotatable bonds is 7. The van der Waals surface area contributed by atoms with Gasteiger partial charge in [0.25, 0.3) is 0 Å². The third-order valence-corrected chi connectivity index (χ3v) is 1.91. The highest BCUT2D eigenvalue weighted by atomic mass is 16.5. The number of nitrogens with two attached hydrogens (primary N) is 1. The largest absolute Gasteiger partial charge is 0.482 e. The quantitative estimate of drug-likeness (QED) is 0.599. The summed E-state index contributed by atoms with van der Waals surface area (Å²) in [6, 6.07) is 7.18. The Labute approximate surface area is 94.2 Å². The number of nitrogens with one attached hydrogen (secondary N) is 1. The molecule has 0 amide bonds. The highest BCUT2D eigenvalue weighted by Gasteiger charge is 1.99. The number of benzene rings is 1. The second-order valence-corrected chi connectivity index (χ2v) is 3.28. The molecule has 0 radical (unpaired) electrons. The molecule has 88 valence electrons. The van der Waals surface area contributed by atoms with Gasteiger partial charge in [-0.05, 0) is 25.1 Å². The van der Waals surface area contributed by atoms with Gasteiger partial charge >= 0.3 is 5.97 Å². The smallest absolute Gasteiger partial charge is 0.341 e. The van der Waals surface area contributed by atoms with E-state index in [9.17, 15) is 4.79 Å². The summed E-state index contributed by atoms with van der Waals surface area (Å²) in [5.74, 6) is -0.443. The number of anilines is 1. The molecule has 0 saturated carbocycles. The fourth-order valence-corrected chi connectivity index (χ4v) is 1.18. The standard InChI is InChI=1S/C11H16N2O3/c12-5-2-6-13-9-3-1-4-10(7-9)16-8-11(14)15/h1,3-4,7,13H,2,5-6,8,12H2,(H,14,15). The van der Waals surface area contributed by atoms with Crippen molar-refractivity contribution in [3.63, 3.8) is 0 Å². The maximum atomic E-state index is 10.3. The van der Waals surface area contributed by atoms with Crippen LogP contribution in [0.15, 0.2) is 24.3 Å². The minimum absolute atomic E-state index is 0.327. The van der Waals surface area contributed by atoms with Crippen molar-refractivity contribution in [2.75, 3.05) is 25.0 Å². The van der Waals surface area contributed by atoms with Gasteiger partial charge in [0.15, 0.2) is 6.61 Å². The van der Waals surface area contributed by atoms with E-state index in [4.69, 9.17) is 15.6 Å². The Bertz CT molecular complexity index is 342. The summed E-state index contributed by atoms with van der Waals surface area (Å²) in [5, 5.41) is 11.6. The molecule has 0 spiro atoms. The molecule has 0 unspecified atom stereocenters. The Balaban J connectivity index is 2.46. The lowest BCUT2D eigenvalue weighted by Crippen LogP contribution is -2.10. The molecule has 5 nitrogen and oxygen atoms in total. The first kappa shape index (κ1) is 12.3. The van der Waals surface area contributed by atoms with E-state index >= 15 is 0 Å². The van der Waals surface area contributed by atoms with Crippen LogP contribution in [0.2, 0.25) is 0 Å². The molecular weight excluding hydrogens is 208 g/mol. The Morgan fingerprint density at radius 1 is 1.50 bits per heavy atom. The first-order valence-corrected chi connectivity index (χ1v) is 5.11. The van der Waals surface area contributed by atoms with E-state index < -0.39 is 5.97 Å². The molecule has 1 aromatic carbocycles. The van der Waals surface area contributed by atoms with Crippen molar-refractivity contribution < 1.29 is 14.6 Å².